The molecule has 0 amide bonds. The highest BCUT2D eigenvalue weighted by Crippen LogP contribution is 2.26. The third kappa shape index (κ3) is 2.97. The lowest BCUT2D eigenvalue weighted by Gasteiger charge is -2.07. The van der Waals surface area contributed by atoms with Gasteiger partial charge in [-0.15, -0.1) is 11.3 Å². The van der Waals surface area contributed by atoms with Crippen molar-refractivity contribution >= 4 is 33.0 Å². The van der Waals surface area contributed by atoms with Crippen LogP contribution in [0.2, 0.25) is 0 Å². The number of anilines is 1. The van der Waals surface area contributed by atoms with E-state index < -0.39 is 16.0 Å². The van der Waals surface area contributed by atoms with Crippen LogP contribution < -0.4 is 4.72 Å². The number of pyridine rings is 1. The topological polar surface area (TPSA) is 96.4 Å². The largest absolute Gasteiger partial charge is 0.477 e. The zero-order valence-corrected chi connectivity index (χ0v) is 12.4. The Bertz CT molecular complexity index is 766. The van der Waals surface area contributed by atoms with E-state index in [1.807, 2.05) is 6.92 Å². The van der Waals surface area contributed by atoms with Gasteiger partial charge in [-0.2, -0.15) is 0 Å². The van der Waals surface area contributed by atoms with E-state index in [2.05, 4.69) is 9.71 Å². The number of carboxylic acid groups (broad SMARTS) is 1. The average Bonchev–Trinajstić information content (AvgIpc) is 2.69. The molecule has 0 fully saturated rings. The van der Waals surface area contributed by atoms with Crippen LogP contribution in [0.3, 0.4) is 0 Å². The Hall–Kier alpha value is -1.93. The molecule has 0 atom stereocenters. The lowest BCUT2D eigenvalue weighted by molar-refractivity contribution is 0.0690. The molecule has 2 aromatic heterocycles. The highest BCUT2D eigenvalue weighted by Gasteiger charge is 2.19. The highest BCUT2D eigenvalue weighted by molar-refractivity contribution is 7.93. The molecular formula is C12H12N2O4S2. The van der Waals surface area contributed by atoms with Crippen LogP contribution in [0.15, 0.2) is 29.3 Å². The molecule has 0 aliphatic heterocycles. The first kappa shape index (κ1) is 14.5. The Kier molecular flexibility index (Phi) is 3.78. The summed E-state index contributed by atoms with van der Waals surface area (Å²) in [6.07, 6.45) is 1.24. The van der Waals surface area contributed by atoms with Gasteiger partial charge in [0.1, 0.15) is 10.6 Å². The number of carboxylic acids is 1. The summed E-state index contributed by atoms with van der Waals surface area (Å²) < 4.78 is 26.8. The molecule has 2 heterocycles. The maximum absolute atomic E-state index is 12.2. The molecule has 2 N–H and O–H groups in total. The van der Waals surface area contributed by atoms with Crippen molar-refractivity contribution in [1.82, 2.24) is 4.98 Å². The van der Waals surface area contributed by atoms with E-state index >= 15 is 0 Å². The maximum Gasteiger partial charge on any atom is 0.354 e. The van der Waals surface area contributed by atoms with Gasteiger partial charge in [0.15, 0.2) is 0 Å². The van der Waals surface area contributed by atoms with Crippen molar-refractivity contribution in [3.8, 4) is 0 Å². The van der Waals surface area contributed by atoms with Crippen molar-refractivity contribution in [2.24, 2.45) is 0 Å². The number of aryl methyl sites for hydroxylation is 2. The van der Waals surface area contributed by atoms with E-state index in [-0.39, 0.29) is 16.3 Å². The van der Waals surface area contributed by atoms with Crippen molar-refractivity contribution in [2.45, 2.75) is 18.7 Å². The molecule has 2 aromatic rings. The van der Waals surface area contributed by atoms with E-state index in [1.165, 1.54) is 29.7 Å². The number of nitrogens with zero attached hydrogens (tertiary/aromatic N) is 1. The monoisotopic (exact) mass is 312 g/mol. The Labute approximate surface area is 120 Å². The summed E-state index contributed by atoms with van der Waals surface area (Å²) in [5.41, 5.74) is -0.0518. The molecule has 0 unspecified atom stereocenters. The molecule has 0 radical (unpaired) electrons. The molecule has 0 spiro atoms. The number of sulfonamides is 1. The van der Waals surface area contributed by atoms with E-state index in [0.29, 0.717) is 4.88 Å². The summed E-state index contributed by atoms with van der Waals surface area (Å²) in [6, 6.07) is 4.16. The standard InChI is InChI=1S/C12H12N2O4S2/c1-7-5-11(8(2)19-7)20(17,18)14-9-3-4-13-10(6-9)12(15)16/h3-6H,1-2H3,(H,13,14)(H,15,16). The first-order chi connectivity index (χ1) is 9.29. The molecule has 20 heavy (non-hydrogen) atoms. The van der Waals surface area contributed by atoms with E-state index in [4.69, 9.17) is 5.11 Å². The Balaban J connectivity index is 2.36. The lowest BCUT2D eigenvalue weighted by atomic mass is 10.3. The first-order valence-corrected chi connectivity index (χ1v) is 7.89. The average molecular weight is 312 g/mol. The fraction of sp³-hybridized carbons (Fsp3) is 0.167. The molecule has 0 aliphatic carbocycles. The predicted octanol–water partition coefficient (Wildman–Crippen LogP) is 2.26. The van der Waals surface area contributed by atoms with Crippen LogP contribution in [-0.2, 0) is 10.0 Å². The van der Waals surface area contributed by atoms with Crippen LogP contribution in [0.4, 0.5) is 5.69 Å². The van der Waals surface area contributed by atoms with Gasteiger partial charge in [-0.3, -0.25) is 4.72 Å². The van der Waals surface area contributed by atoms with Gasteiger partial charge in [-0.05, 0) is 32.0 Å². The minimum atomic E-state index is -3.73. The number of aromatic carboxylic acids is 1. The minimum Gasteiger partial charge on any atom is -0.477 e. The summed E-state index contributed by atoms with van der Waals surface area (Å²) >= 11 is 1.39. The van der Waals surface area contributed by atoms with Crippen molar-refractivity contribution in [3.05, 3.63) is 39.8 Å². The van der Waals surface area contributed by atoms with Crippen LogP contribution >= 0.6 is 11.3 Å². The van der Waals surface area contributed by atoms with Gasteiger partial charge in [-0.25, -0.2) is 18.2 Å². The van der Waals surface area contributed by atoms with Crippen molar-refractivity contribution in [1.29, 1.82) is 0 Å². The number of rotatable bonds is 4. The number of hydrogen-bond donors (Lipinski definition) is 2. The minimum absolute atomic E-state index is 0.167. The Morgan fingerprint density at radius 3 is 2.60 bits per heavy atom. The number of nitrogens with one attached hydrogen (secondary N) is 1. The van der Waals surface area contributed by atoms with Crippen LogP contribution in [-0.4, -0.2) is 24.5 Å². The molecule has 2 rings (SSSR count). The maximum atomic E-state index is 12.2. The normalized spacial score (nSPS) is 11.3. The quantitative estimate of drug-likeness (QED) is 0.902. The molecule has 0 bridgehead atoms. The van der Waals surface area contributed by atoms with Crippen molar-refractivity contribution < 1.29 is 18.3 Å². The molecular weight excluding hydrogens is 300 g/mol. The number of thiophene rings is 1. The highest BCUT2D eigenvalue weighted by atomic mass is 32.2. The third-order valence-corrected chi connectivity index (χ3v) is 5.12. The Morgan fingerprint density at radius 1 is 1.35 bits per heavy atom. The number of aromatic nitrogens is 1. The smallest absolute Gasteiger partial charge is 0.354 e. The number of hydrogen-bond acceptors (Lipinski definition) is 5. The first-order valence-electron chi connectivity index (χ1n) is 5.59. The molecule has 6 nitrogen and oxygen atoms in total. The lowest BCUT2D eigenvalue weighted by Crippen LogP contribution is -2.14. The summed E-state index contributed by atoms with van der Waals surface area (Å²) in [6.45, 7) is 3.55. The zero-order valence-electron chi connectivity index (χ0n) is 10.7. The van der Waals surface area contributed by atoms with Crippen LogP contribution in [0, 0.1) is 13.8 Å². The second kappa shape index (κ2) is 5.22. The molecule has 0 aromatic carbocycles. The fourth-order valence-electron chi connectivity index (χ4n) is 1.70. The van der Waals surface area contributed by atoms with Crippen LogP contribution in [0.25, 0.3) is 0 Å². The van der Waals surface area contributed by atoms with E-state index in [1.54, 1.807) is 13.0 Å². The number of carbonyl (C=O) groups is 1. The fourth-order valence-corrected chi connectivity index (χ4v) is 4.30. The molecule has 0 aliphatic rings. The summed E-state index contributed by atoms with van der Waals surface area (Å²) in [7, 11) is -3.73. The summed E-state index contributed by atoms with van der Waals surface area (Å²) in [5, 5.41) is 8.83. The van der Waals surface area contributed by atoms with Crippen LogP contribution in [0.1, 0.15) is 20.2 Å². The molecule has 8 heteroatoms. The zero-order chi connectivity index (χ0) is 14.9. The summed E-state index contributed by atoms with van der Waals surface area (Å²) in [4.78, 5) is 16.2. The Morgan fingerprint density at radius 2 is 2.05 bits per heavy atom. The second-order valence-corrected chi connectivity index (χ2v) is 7.23. The molecule has 106 valence electrons. The SMILES string of the molecule is Cc1cc(S(=O)(=O)Nc2ccnc(C(=O)O)c2)c(C)s1. The predicted molar refractivity (Wildman–Crippen MR) is 75.8 cm³/mol. The summed E-state index contributed by atoms with van der Waals surface area (Å²) in [5.74, 6) is -1.21. The van der Waals surface area contributed by atoms with Gasteiger partial charge in [0.25, 0.3) is 10.0 Å². The van der Waals surface area contributed by atoms with Gasteiger partial charge in [0.05, 0.1) is 5.69 Å². The van der Waals surface area contributed by atoms with Gasteiger partial charge in [0, 0.05) is 16.0 Å². The third-order valence-electron chi connectivity index (χ3n) is 2.52. The van der Waals surface area contributed by atoms with Gasteiger partial charge >= 0.3 is 5.97 Å². The van der Waals surface area contributed by atoms with Crippen LogP contribution in [0.5, 0.6) is 0 Å². The second-order valence-electron chi connectivity index (χ2n) is 4.12. The van der Waals surface area contributed by atoms with Gasteiger partial charge in [-0.1, -0.05) is 0 Å². The van der Waals surface area contributed by atoms with E-state index in [9.17, 15) is 13.2 Å². The molecule has 0 saturated carbocycles. The van der Waals surface area contributed by atoms with Gasteiger partial charge < -0.3 is 5.11 Å². The van der Waals surface area contributed by atoms with Crippen molar-refractivity contribution in [2.75, 3.05) is 4.72 Å². The molecule has 0 saturated heterocycles. The van der Waals surface area contributed by atoms with Gasteiger partial charge in [0.2, 0.25) is 0 Å². The van der Waals surface area contributed by atoms with Crippen molar-refractivity contribution in [3.63, 3.8) is 0 Å². The van der Waals surface area contributed by atoms with E-state index in [0.717, 1.165) is 4.88 Å².